The third-order valence-corrected chi connectivity index (χ3v) is 2.80. The average Bonchev–Trinajstić information content (AvgIpc) is 2.35. The standard InChI is InChI=1S/C13H23NO3/c15-8-10-17-9-4-7-14-13(16)11-12-5-2-1-3-6-12/h5,15H,1-4,6-11H2,(H,14,16). The van der Waals surface area contributed by atoms with Crippen LogP contribution in [0.15, 0.2) is 11.6 Å². The van der Waals surface area contributed by atoms with Gasteiger partial charge in [0.25, 0.3) is 0 Å². The maximum Gasteiger partial charge on any atom is 0.224 e. The molecule has 1 amide bonds. The number of hydrogen-bond acceptors (Lipinski definition) is 3. The van der Waals surface area contributed by atoms with Crippen LogP contribution in [0.25, 0.3) is 0 Å². The Balaban J connectivity index is 1.99. The van der Waals surface area contributed by atoms with Crippen molar-refractivity contribution in [2.75, 3.05) is 26.4 Å². The Morgan fingerprint density at radius 3 is 3.00 bits per heavy atom. The minimum atomic E-state index is 0.0561. The van der Waals surface area contributed by atoms with E-state index >= 15 is 0 Å². The Bertz CT molecular complexity index is 251. The maximum atomic E-state index is 11.6. The van der Waals surface area contributed by atoms with Gasteiger partial charge in [-0.15, -0.1) is 0 Å². The van der Waals surface area contributed by atoms with Gasteiger partial charge in [0.05, 0.1) is 13.2 Å². The third kappa shape index (κ3) is 7.13. The van der Waals surface area contributed by atoms with Crippen molar-refractivity contribution < 1.29 is 14.6 Å². The summed E-state index contributed by atoms with van der Waals surface area (Å²) in [6.07, 6.45) is 8.22. The fourth-order valence-electron chi connectivity index (χ4n) is 1.90. The zero-order valence-electron chi connectivity index (χ0n) is 10.4. The molecule has 0 heterocycles. The predicted molar refractivity (Wildman–Crippen MR) is 66.7 cm³/mol. The molecule has 98 valence electrons. The molecule has 0 atom stereocenters. The van der Waals surface area contributed by atoms with Gasteiger partial charge >= 0.3 is 0 Å². The number of aliphatic hydroxyl groups excluding tert-OH is 1. The highest BCUT2D eigenvalue weighted by molar-refractivity contribution is 5.78. The number of carbonyl (C=O) groups excluding carboxylic acids is 1. The second kappa shape index (κ2) is 9.19. The molecular formula is C13H23NO3. The monoisotopic (exact) mass is 241 g/mol. The largest absolute Gasteiger partial charge is 0.394 e. The molecule has 0 aromatic carbocycles. The molecule has 17 heavy (non-hydrogen) atoms. The van der Waals surface area contributed by atoms with Gasteiger partial charge in [-0.05, 0) is 32.1 Å². The summed E-state index contributed by atoms with van der Waals surface area (Å²) in [5.74, 6) is 0.111. The third-order valence-electron chi connectivity index (χ3n) is 2.80. The van der Waals surface area contributed by atoms with E-state index in [1.165, 1.54) is 18.4 Å². The molecule has 0 aromatic heterocycles. The number of nitrogens with one attached hydrogen (secondary N) is 1. The first-order valence-corrected chi connectivity index (χ1v) is 6.46. The van der Waals surface area contributed by atoms with Crippen LogP contribution in [0.5, 0.6) is 0 Å². The van der Waals surface area contributed by atoms with Gasteiger partial charge in [-0.3, -0.25) is 4.79 Å². The lowest BCUT2D eigenvalue weighted by Gasteiger charge is -2.12. The van der Waals surface area contributed by atoms with Gasteiger partial charge in [-0.25, -0.2) is 0 Å². The normalized spacial score (nSPS) is 15.5. The highest BCUT2D eigenvalue weighted by Crippen LogP contribution is 2.19. The molecule has 0 aromatic rings. The summed E-state index contributed by atoms with van der Waals surface area (Å²) >= 11 is 0. The van der Waals surface area contributed by atoms with E-state index in [2.05, 4.69) is 11.4 Å². The molecule has 1 aliphatic rings. The van der Waals surface area contributed by atoms with E-state index in [4.69, 9.17) is 9.84 Å². The Morgan fingerprint density at radius 2 is 2.29 bits per heavy atom. The van der Waals surface area contributed by atoms with Gasteiger partial charge in [0, 0.05) is 19.6 Å². The zero-order chi connectivity index (χ0) is 12.3. The molecule has 4 heteroatoms. The molecule has 0 bridgehead atoms. The Labute approximate surface area is 103 Å². The van der Waals surface area contributed by atoms with E-state index < -0.39 is 0 Å². The van der Waals surface area contributed by atoms with Gasteiger partial charge in [0.15, 0.2) is 0 Å². The summed E-state index contributed by atoms with van der Waals surface area (Å²) < 4.78 is 5.10. The average molecular weight is 241 g/mol. The summed E-state index contributed by atoms with van der Waals surface area (Å²) in [6, 6.07) is 0. The number of aliphatic hydroxyl groups is 1. The lowest BCUT2D eigenvalue weighted by Crippen LogP contribution is -2.25. The van der Waals surface area contributed by atoms with Gasteiger partial charge in [0.1, 0.15) is 0 Å². The molecule has 0 saturated carbocycles. The van der Waals surface area contributed by atoms with Gasteiger partial charge in [-0.1, -0.05) is 11.6 Å². The summed E-state index contributed by atoms with van der Waals surface area (Å²) in [4.78, 5) is 11.6. The fraction of sp³-hybridized carbons (Fsp3) is 0.769. The van der Waals surface area contributed by atoms with E-state index in [9.17, 15) is 4.79 Å². The predicted octanol–water partition coefficient (Wildman–Crippen LogP) is 1.39. The van der Waals surface area contributed by atoms with E-state index in [-0.39, 0.29) is 12.5 Å². The maximum absolute atomic E-state index is 11.6. The van der Waals surface area contributed by atoms with Crippen LogP contribution in [-0.4, -0.2) is 37.4 Å². The second-order valence-electron chi connectivity index (χ2n) is 4.32. The molecule has 0 spiro atoms. The van der Waals surface area contributed by atoms with Crippen LogP contribution >= 0.6 is 0 Å². The van der Waals surface area contributed by atoms with Crippen molar-refractivity contribution in [1.29, 1.82) is 0 Å². The van der Waals surface area contributed by atoms with Crippen molar-refractivity contribution >= 4 is 5.91 Å². The van der Waals surface area contributed by atoms with Crippen LogP contribution in [0.3, 0.4) is 0 Å². The van der Waals surface area contributed by atoms with Crippen LogP contribution in [-0.2, 0) is 9.53 Å². The summed E-state index contributed by atoms with van der Waals surface area (Å²) in [5, 5.41) is 11.4. The molecule has 0 aliphatic heterocycles. The van der Waals surface area contributed by atoms with E-state index in [0.717, 1.165) is 19.3 Å². The van der Waals surface area contributed by atoms with Crippen molar-refractivity contribution in [3.05, 3.63) is 11.6 Å². The van der Waals surface area contributed by atoms with Crippen LogP contribution in [0, 0.1) is 0 Å². The lowest BCUT2D eigenvalue weighted by atomic mass is 9.97. The minimum absolute atomic E-state index is 0.0561. The van der Waals surface area contributed by atoms with Crippen LogP contribution in [0.1, 0.15) is 38.5 Å². The molecule has 0 saturated heterocycles. The highest BCUT2D eigenvalue weighted by Gasteiger charge is 2.08. The SMILES string of the molecule is O=C(CC1=CCCCC1)NCCCOCCO. The first kappa shape index (κ1) is 14.2. The van der Waals surface area contributed by atoms with Crippen molar-refractivity contribution in [2.24, 2.45) is 0 Å². The Hall–Kier alpha value is -0.870. The van der Waals surface area contributed by atoms with Crippen molar-refractivity contribution in [2.45, 2.75) is 38.5 Å². The van der Waals surface area contributed by atoms with E-state index in [0.29, 0.717) is 26.2 Å². The van der Waals surface area contributed by atoms with Gasteiger partial charge in [-0.2, -0.15) is 0 Å². The first-order chi connectivity index (χ1) is 8.33. The van der Waals surface area contributed by atoms with E-state index in [1.807, 2.05) is 0 Å². The summed E-state index contributed by atoms with van der Waals surface area (Å²) in [6.45, 7) is 1.67. The Morgan fingerprint density at radius 1 is 1.41 bits per heavy atom. The molecule has 1 aliphatic carbocycles. The smallest absolute Gasteiger partial charge is 0.224 e. The molecule has 2 N–H and O–H groups in total. The summed E-state index contributed by atoms with van der Waals surface area (Å²) in [7, 11) is 0. The summed E-state index contributed by atoms with van der Waals surface area (Å²) in [5.41, 5.74) is 1.28. The van der Waals surface area contributed by atoms with Gasteiger partial charge in [0.2, 0.25) is 5.91 Å². The first-order valence-electron chi connectivity index (χ1n) is 6.46. The second-order valence-corrected chi connectivity index (χ2v) is 4.32. The topological polar surface area (TPSA) is 58.6 Å². The number of hydrogen-bond donors (Lipinski definition) is 2. The van der Waals surface area contributed by atoms with Crippen molar-refractivity contribution in [3.8, 4) is 0 Å². The van der Waals surface area contributed by atoms with E-state index in [1.54, 1.807) is 0 Å². The molecule has 4 nitrogen and oxygen atoms in total. The fourth-order valence-corrected chi connectivity index (χ4v) is 1.90. The zero-order valence-corrected chi connectivity index (χ0v) is 10.4. The molecule has 0 radical (unpaired) electrons. The van der Waals surface area contributed by atoms with Crippen molar-refractivity contribution in [1.82, 2.24) is 5.32 Å². The van der Waals surface area contributed by atoms with Crippen LogP contribution in [0.2, 0.25) is 0 Å². The van der Waals surface area contributed by atoms with Gasteiger partial charge < -0.3 is 15.2 Å². The Kier molecular flexibility index (Phi) is 7.67. The number of rotatable bonds is 8. The highest BCUT2D eigenvalue weighted by atomic mass is 16.5. The number of allylic oxidation sites excluding steroid dienone is 1. The molecular weight excluding hydrogens is 218 g/mol. The minimum Gasteiger partial charge on any atom is -0.394 e. The molecule has 0 fully saturated rings. The van der Waals surface area contributed by atoms with Crippen LogP contribution < -0.4 is 5.32 Å². The number of amides is 1. The quantitative estimate of drug-likeness (QED) is 0.499. The number of carbonyl (C=O) groups is 1. The van der Waals surface area contributed by atoms with Crippen molar-refractivity contribution in [3.63, 3.8) is 0 Å². The lowest BCUT2D eigenvalue weighted by molar-refractivity contribution is -0.120. The molecule has 1 rings (SSSR count). The number of ether oxygens (including phenoxy) is 1. The van der Waals surface area contributed by atoms with Crippen LogP contribution in [0.4, 0.5) is 0 Å². The molecule has 0 unspecified atom stereocenters.